The molecule has 0 amide bonds. The first-order valence-electron chi connectivity index (χ1n) is 2.66. The molecule has 0 fully saturated rings. The minimum Gasteiger partial charge on any atom is -0.346 e. The summed E-state index contributed by atoms with van der Waals surface area (Å²) < 4.78 is 4.64. The van der Waals surface area contributed by atoms with Gasteiger partial charge in [-0.05, 0) is 13.8 Å². The molecule has 0 aliphatic carbocycles. The van der Waals surface area contributed by atoms with Gasteiger partial charge in [0, 0.05) is 0 Å². The third-order valence-corrected chi connectivity index (χ3v) is 0.663. The van der Waals surface area contributed by atoms with Gasteiger partial charge in [-0.1, -0.05) is 12.2 Å². The van der Waals surface area contributed by atoms with Gasteiger partial charge in [-0.3, -0.25) is 0 Å². The minimum absolute atomic E-state index is 0.432. The van der Waals surface area contributed by atoms with Crippen LogP contribution in [0, 0.1) is 0 Å². The summed E-state index contributed by atoms with van der Waals surface area (Å²) in [6.45, 7) is 3.80. The fourth-order valence-corrected chi connectivity index (χ4v) is 0.287. The molecule has 1 unspecified atom stereocenters. The van der Waals surface area contributed by atoms with E-state index in [1.807, 2.05) is 13.0 Å². The van der Waals surface area contributed by atoms with E-state index in [0.717, 1.165) is 0 Å². The Bertz CT molecular complexity index is 66.9. The highest BCUT2D eigenvalue weighted by molar-refractivity contribution is 4.75. The van der Waals surface area contributed by atoms with Crippen LogP contribution in [0.1, 0.15) is 13.8 Å². The van der Waals surface area contributed by atoms with Crippen molar-refractivity contribution < 1.29 is 9.84 Å². The predicted octanol–water partition coefficient (Wildman–Crippen LogP) is 1.36. The quantitative estimate of drug-likeness (QED) is 0.403. The van der Waals surface area contributed by atoms with Crippen LogP contribution >= 0.6 is 0 Å². The van der Waals surface area contributed by atoms with Crippen LogP contribution in [0.2, 0.25) is 0 Å². The molecule has 0 bridgehead atoms. The Morgan fingerprint density at radius 3 is 2.75 bits per heavy atom. The van der Waals surface area contributed by atoms with E-state index in [1.165, 1.54) is 6.92 Å². The molecule has 0 spiro atoms. The van der Waals surface area contributed by atoms with E-state index in [4.69, 9.17) is 0 Å². The van der Waals surface area contributed by atoms with Gasteiger partial charge in [0.25, 0.3) is 0 Å². The molecular formula is C6H11O2. The van der Waals surface area contributed by atoms with E-state index in [0.29, 0.717) is 6.61 Å². The Morgan fingerprint density at radius 1 is 1.75 bits per heavy atom. The van der Waals surface area contributed by atoms with E-state index in [9.17, 15) is 5.11 Å². The summed E-state index contributed by atoms with van der Waals surface area (Å²) in [6.07, 6.45) is 2.75. The molecule has 0 heterocycles. The highest BCUT2D eigenvalue weighted by Crippen LogP contribution is 1.84. The number of hydrogen-bond acceptors (Lipinski definition) is 1. The lowest BCUT2D eigenvalue weighted by Gasteiger charge is -1.98. The summed E-state index contributed by atoms with van der Waals surface area (Å²) in [7, 11) is 0. The average molecular weight is 115 g/mol. The second kappa shape index (κ2) is 4.81. The van der Waals surface area contributed by atoms with E-state index in [2.05, 4.69) is 4.74 Å². The molecule has 0 saturated carbocycles. The van der Waals surface area contributed by atoms with Crippen LogP contribution in [0.5, 0.6) is 0 Å². The molecule has 0 saturated heterocycles. The van der Waals surface area contributed by atoms with Crippen molar-refractivity contribution in [3.05, 3.63) is 12.2 Å². The minimum atomic E-state index is -0.897. The van der Waals surface area contributed by atoms with Crippen LogP contribution in [0.15, 0.2) is 12.2 Å². The maximum Gasteiger partial charge on any atom is 0.188 e. The van der Waals surface area contributed by atoms with Crippen LogP contribution in [0.4, 0.5) is 0 Å². The number of ether oxygens (including phenoxy) is 1. The van der Waals surface area contributed by atoms with Crippen LogP contribution in [-0.2, 0) is 9.84 Å². The normalized spacial score (nSPS) is 14.9. The fourth-order valence-electron chi connectivity index (χ4n) is 0.287. The van der Waals surface area contributed by atoms with Gasteiger partial charge in [0.05, 0.1) is 6.61 Å². The van der Waals surface area contributed by atoms with E-state index < -0.39 is 6.29 Å². The summed E-state index contributed by atoms with van der Waals surface area (Å²) in [5, 5.41) is 10.1. The monoisotopic (exact) mass is 115 g/mol. The van der Waals surface area contributed by atoms with Crippen molar-refractivity contribution in [2.24, 2.45) is 0 Å². The fraction of sp³-hybridized carbons (Fsp3) is 0.667. The topological polar surface area (TPSA) is 29.1 Å². The zero-order valence-electron chi connectivity index (χ0n) is 5.26. The molecule has 0 aliphatic heterocycles. The number of allylic oxidation sites excluding steroid dienone is 1. The SMILES string of the molecule is CC=CCOC(C)[O]. The molecule has 1 radical (unpaired) electrons. The van der Waals surface area contributed by atoms with Crippen molar-refractivity contribution in [1.29, 1.82) is 0 Å². The van der Waals surface area contributed by atoms with Gasteiger partial charge in [-0.25, -0.2) is 5.11 Å². The summed E-state index contributed by atoms with van der Waals surface area (Å²) in [4.78, 5) is 0. The summed E-state index contributed by atoms with van der Waals surface area (Å²) in [6, 6.07) is 0. The zero-order chi connectivity index (χ0) is 6.41. The van der Waals surface area contributed by atoms with Gasteiger partial charge in [-0.2, -0.15) is 0 Å². The second-order valence-electron chi connectivity index (χ2n) is 1.47. The largest absolute Gasteiger partial charge is 0.346 e. The lowest BCUT2D eigenvalue weighted by Crippen LogP contribution is -2.03. The van der Waals surface area contributed by atoms with Crippen LogP contribution in [0.25, 0.3) is 0 Å². The third kappa shape index (κ3) is 5.66. The molecule has 0 N–H and O–H groups in total. The summed E-state index contributed by atoms with van der Waals surface area (Å²) in [5.41, 5.74) is 0. The first kappa shape index (κ1) is 7.66. The van der Waals surface area contributed by atoms with E-state index >= 15 is 0 Å². The molecule has 1 atom stereocenters. The maximum absolute atomic E-state index is 10.1. The third-order valence-electron chi connectivity index (χ3n) is 0.663. The molecular weight excluding hydrogens is 104 g/mol. The van der Waals surface area contributed by atoms with Crippen molar-refractivity contribution in [2.45, 2.75) is 20.1 Å². The maximum atomic E-state index is 10.1. The Hall–Kier alpha value is -0.340. The van der Waals surface area contributed by atoms with Crippen molar-refractivity contribution in [3.63, 3.8) is 0 Å². The van der Waals surface area contributed by atoms with Crippen LogP contribution < -0.4 is 0 Å². The number of hydrogen-bond donors (Lipinski definition) is 0. The van der Waals surface area contributed by atoms with Gasteiger partial charge >= 0.3 is 0 Å². The molecule has 0 aromatic heterocycles. The van der Waals surface area contributed by atoms with Crippen molar-refractivity contribution in [1.82, 2.24) is 0 Å². The highest BCUT2D eigenvalue weighted by atomic mass is 16.6. The number of rotatable bonds is 3. The second-order valence-corrected chi connectivity index (χ2v) is 1.47. The summed E-state index contributed by atoms with van der Waals surface area (Å²) in [5.74, 6) is 0. The van der Waals surface area contributed by atoms with Gasteiger partial charge in [0.15, 0.2) is 6.29 Å². The van der Waals surface area contributed by atoms with Crippen molar-refractivity contribution in [2.75, 3.05) is 6.61 Å². The standard InChI is InChI=1S/C6H11O2/c1-3-4-5-8-6(2)7/h3-4,6H,5H2,1-2H3. The molecule has 2 nitrogen and oxygen atoms in total. The molecule has 2 heteroatoms. The Labute approximate surface area is 49.8 Å². The molecule has 0 aromatic carbocycles. The highest BCUT2D eigenvalue weighted by Gasteiger charge is 1.90. The molecule has 8 heavy (non-hydrogen) atoms. The Morgan fingerprint density at radius 2 is 2.38 bits per heavy atom. The van der Waals surface area contributed by atoms with Gasteiger partial charge in [-0.15, -0.1) is 0 Å². The molecule has 47 valence electrons. The first-order chi connectivity index (χ1) is 3.77. The van der Waals surface area contributed by atoms with Gasteiger partial charge in [0.2, 0.25) is 0 Å². The van der Waals surface area contributed by atoms with E-state index in [1.54, 1.807) is 6.08 Å². The molecule has 0 aliphatic rings. The van der Waals surface area contributed by atoms with Gasteiger partial charge < -0.3 is 4.74 Å². The Kier molecular flexibility index (Phi) is 4.61. The lowest BCUT2D eigenvalue weighted by molar-refractivity contribution is -0.117. The van der Waals surface area contributed by atoms with Crippen LogP contribution in [0.3, 0.4) is 0 Å². The first-order valence-corrected chi connectivity index (χ1v) is 2.66. The Balaban J connectivity index is 2.93. The molecule has 0 rings (SSSR count). The smallest absolute Gasteiger partial charge is 0.188 e. The lowest BCUT2D eigenvalue weighted by atomic mass is 10.5. The zero-order valence-corrected chi connectivity index (χ0v) is 5.26. The average Bonchev–Trinajstić information content (AvgIpc) is 1.66. The van der Waals surface area contributed by atoms with Crippen molar-refractivity contribution in [3.8, 4) is 0 Å². The predicted molar refractivity (Wildman–Crippen MR) is 30.9 cm³/mol. The van der Waals surface area contributed by atoms with Gasteiger partial charge in [0.1, 0.15) is 0 Å². The van der Waals surface area contributed by atoms with E-state index in [-0.39, 0.29) is 0 Å². The molecule has 0 aromatic rings. The summed E-state index contributed by atoms with van der Waals surface area (Å²) >= 11 is 0. The van der Waals surface area contributed by atoms with Crippen LogP contribution in [-0.4, -0.2) is 12.9 Å². The van der Waals surface area contributed by atoms with Crippen molar-refractivity contribution >= 4 is 0 Å².